The zero-order valence-corrected chi connectivity index (χ0v) is 11.0. The summed E-state index contributed by atoms with van der Waals surface area (Å²) >= 11 is 10.5. The standard InChI is InChI=1S/C11H8ClFN4OS/c12-8-5(2-1-3-7(8)13)11(18)16-10-6(9(14)19)4-15-17-10/h1-4H,(H2,14,19)(H2,15,16,17,18). The van der Waals surface area contributed by atoms with Crippen LogP contribution in [0, 0.1) is 5.82 Å². The number of carbonyl (C=O) groups is 1. The van der Waals surface area contributed by atoms with E-state index >= 15 is 0 Å². The van der Waals surface area contributed by atoms with Gasteiger partial charge in [-0.15, -0.1) is 0 Å². The van der Waals surface area contributed by atoms with Gasteiger partial charge in [-0.2, -0.15) is 5.10 Å². The number of benzene rings is 1. The molecule has 0 fully saturated rings. The van der Waals surface area contributed by atoms with Gasteiger partial charge in [-0.05, 0) is 12.1 Å². The number of nitrogens with two attached hydrogens (primary N) is 1. The number of halogens is 2. The van der Waals surface area contributed by atoms with Crippen LogP contribution in [0.2, 0.25) is 5.02 Å². The average molecular weight is 299 g/mol. The van der Waals surface area contributed by atoms with Crippen molar-refractivity contribution >= 4 is 40.5 Å². The number of aromatic amines is 1. The molecule has 1 heterocycles. The van der Waals surface area contributed by atoms with Gasteiger partial charge in [-0.3, -0.25) is 9.89 Å². The second kappa shape index (κ2) is 5.33. The Bertz CT molecular complexity index is 658. The Morgan fingerprint density at radius 2 is 2.21 bits per heavy atom. The molecule has 2 rings (SSSR count). The molecule has 0 unspecified atom stereocenters. The molecule has 0 spiro atoms. The fraction of sp³-hybridized carbons (Fsp3) is 0. The molecular formula is C11H8ClFN4OS. The number of thiocarbonyl (C=S) groups is 1. The van der Waals surface area contributed by atoms with Crippen LogP contribution < -0.4 is 11.1 Å². The Morgan fingerprint density at radius 1 is 1.47 bits per heavy atom. The zero-order valence-electron chi connectivity index (χ0n) is 9.41. The Hall–Kier alpha value is -1.99. The topological polar surface area (TPSA) is 83.8 Å². The van der Waals surface area contributed by atoms with Crippen molar-refractivity contribution in [2.24, 2.45) is 5.73 Å². The molecule has 19 heavy (non-hydrogen) atoms. The summed E-state index contributed by atoms with van der Waals surface area (Å²) in [7, 11) is 0. The highest BCUT2D eigenvalue weighted by atomic mass is 35.5. The van der Waals surface area contributed by atoms with Crippen molar-refractivity contribution in [3.63, 3.8) is 0 Å². The van der Waals surface area contributed by atoms with Crippen LogP contribution in [0.4, 0.5) is 10.2 Å². The third-order valence-electron chi connectivity index (χ3n) is 2.34. The molecule has 4 N–H and O–H groups in total. The van der Waals surface area contributed by atoms with Crippen LogP contribution in [0.3, 0.4) is 0 Å². The summed E-state index contributed by atoms with van der Waals surface area (Å²) in [4.78, 5) is 12.0. The first kappa shape index (κ1) is 13.4. The van der Waals surface area contributed by atoms with Crippen molar-refractivity contribution in [1.82, 2.24) is 10.2 Å². The maximum absolute atomic E-state index is 13.3. The molecule has 0 radical (unpaired) electrons. The number of rotatable bonds is 3. The second-order valence-electron chi connectivity index (χ2n) is 3.58. The van der Waals surface area contributed by atoms with Crippen molar-refractivity contribution in [2.45, 2.75) is 0 Å². The van der Waals surface area contributed by atoms with E-state index in [-0.39, 0.29) is 21.4 Å². The smallest absolute Gasteiger partial charge is 0.258 e. The summed E-state index contributed by atoms with van der Waals surface area (Å²) in [6.07, 6.45) is 1.38. The molecule has 0 aliphatic heterocycles. The van der Waals surface area contributed by atoms with Crippen molar-refractivity contribution in [3.05, 3.63) is 46.4 Å². The van der Waals surface area contributed by atoms with Gasteiger partial charge < -0.3 is 11.1 Å². The van der Waals surface area contributed by atoms with Crippen LogP contribution >= 0.6 is 23.8 Å². The summed E-state index contributed by atoms with van der Waals surface area (Å²) in [6.45, 7) is 0. The van der Waals surface area contributed by atoms with E-state index in [4.69, 9.17) is 29.6 Å². The van der Waals surface area contributed by atoms with E-state index in [9.17, 15) is 9.18 Å². The number of aromatic nitrogens is 2. The van der Waals surface area contributed by atoms with Crippen LogP contribution in [0.5, 0.6) is 0 Å². The van der Waals surface area contributed by atoms with E-state index in [1.807, 2.05) is 0 Å². The molecular weight excluding hydrogens is 291 g/mol. The molecule has 0 saturated carbocycles. The summed E-state index contributed by atoms with van der Waals surface area (Å²) in [5, 5.41) is 8.48. The summed E-state index contributed by atoms with van der Waals surface area (Å²) < 4.78 is 13.3. The van der Waals surface area contributed by atoms with Gasteiger partial charge in [0, 0.05) is 0 Å². The number of carbonyl (C=O) groups excluding carboxylic acids is 1. The fourth-order valence-corrected chi connectivity index (χ4v) is 1.79. The van der Waals surface area contributed by atoms with Gasteiger partial charge in [0.15, 0.2) is 0 Å². The van der Waals surface area contributed by atoms with Gasteiger partial charge in [0.05, 0.1) is 22.3 Å². The number of hydrogen-bond donors (Lipinski definition) is 3. The molecule has 1 aromatic heterocycles. The first-order valence-corrected chi connectivity index (χ1v) is 5.88. The molecule has 0 aliphatic rings. The highest BCUT2D eigenvalue weighted by molar-refractivity contribution is 7.80. The molecule has 2 aromatic rings. The highest BCUT2D eigenvalue weighted by Crippen LogP contribution is 2.21. The predicted octanol–water partition coefficient (Wildman–Crippen LogP) is 2.09. The first-order valence-electron chi connectivity index (χ1n) is 5.09. The van der Waals surface area contributed by atoms with Crippen molar-refractivity contribution in [3.8, 4) is 0 Å². The molecule has 0 saturated heterocycles. The Kier molecular flexibility index (Phi) is 3.77. The zero-order chi connectivity index (χ0) is 14.0. The maximum Gasteiger partial charge on any atom is 0.258 e. The van der Waals surface area contributed by atoms with E-state index in [1.54, 1.807) is 0 Å². The van der Waals surface area contributed by atoms with Crippen LogP contribution in [0.1, 0.15) is 15.9 Å². The van der Waals surface area contributed by atoms with Gasteiger partial charge in [-0.25, -0.2) is 4.39 Å². The predicted molar refractivity (Wildman–Crippen MR) is 73.8 cm³/mol. The summed E-state index contributed by atoms with van der Waals surface area (Å²) in [5.41, 5.74) is 5.85. The summed E-state index contributed by atoms with van der Waals surface area (Å²) in [5.74, 6) is -1.03. The SMILES string of the molecule is NC(=S)c1cn[nH]c1NC(=O)c1cccc(F)c1Cl. The molecule has 0 aliphatic carbocycles. The lowest BCUT2D eigenvalue weighted by Crippen LogP contribution is -2.17. The molecule has 98 valence electrons. The van der Waals surface area contributed by atoms with Crippen molar-refractivity contribution in [1.29, 1.82) is 0 Å². The molecule has 5 nitrogen and oxygen atoms in total. The molecule has 8 heteroatoms. The third-order valence-corrected chi connectivity index (χ3v) is 2.94. The normalized spacial score (nSPS) is 10.2. The number of hydrogen-bond acceptors (Lipinski definition) is 3. The lowest BCUT2D eigenvalue weighted by Gasteiger charge is -2.06. The Labute approximate surface area is 117 Å². The molecule has 1 amide bonds. The van der Waals surface area contributed by atoms with Crippen molar-refractivity contribution < 1.29 is 9.18 Å². The first-order chi connectivity index (χ1) is 9.00. The van der Waals surface area contributed by atoms with Gasteiger partial charge >= 0.3 is 0 Å². The van der Waals surface area contributed by atoms with Crippen LogP contribution in [0.25, 0.3) is 0 Å². The largest absolute Gasteiger partial charge is 0.389 e. The van der Waals surface area contributed by atoms with Gasteiger partial charge in [0.1, 0.15) is 16.6 Å². The van der Waals surface area contributed by atoms with E-state index in [0.717, 1.165) is 6.07 Å². The number of H-pyrrole nitrogens is 1. The number of anilines is 1. The highest BCUT2D eigenvalue weighted by Gasteiger charge is 2.16. The maximum atomic E-state index is 13.3. The summed E-state index contributed by atoms with van der Waals surface area (Å²) in [6, 6.07) is 3.95. The van der Waals surface area contributed by atoms with Crippen molar-refractivity contribution in [2.75, 3.05) is 5.32 Å². The van der Waals surface area contributed by atoms with Gasteiger partial charge in [-0.1, -0.05) is 29.9 Å². The third kappa shape index (κ3) is 2.72. The minimum absolute atomic E-state index is 0.00477. The lowest BCUT2D eigenvalue weighted by atomic mass is 10.2. The Balaban J connectivity index is 2.29. The molecule has 0 atom stereocenters. The number of nitrogens with zero attached hydrogens (tertiary/aromatic N) is 1. The van der Waals surface area contributed by atoms with E-state index < -0.39 is 11.7 Å². The molecule has 1 aromatic carbocycles. The van der Waals surface area contributed by atoms with E-state index in [1.165, 1.54) is 18.3 Å². The Morgan fingerprint density at radius 3 is 2.89 bits per heavy atom. The average Bonchev–Trinajstić information content (AvgIpc) is 2.80. The fourth-order valence-electron chi connectivity index (χ4n) is 1.43. The van der Waals surface area contributed by atoms with Crippen LogP contribution in [0.15, 0.2) is 24.4 Å². The van der Waals surface area contributed by atoms with Gasteiger partial charge in [0.2, 0.25) is 0 Å². The number of amides is 1. The van der Waals surface area contributed by atoms with E-state index in [2.05, 4.69) is 15.5 Å². The van der Waals surface area contributed by atoms with Crippen LogP contribution in [-0.4, -0.2) is 21.1 Å². The molecule has 0 bridgehead atoms. The number of nitrogens with one attached hydrogen (secondary N) is 2. The monoisotopic (exact) mass is 298 g/mol. The quantitative estimate of drug-likeness (QED) is 0.758. The lowest BCUT2D eigenvalue weighted by molar-refractivity contribution is 0.102. The van der Waals surface area contributed by atoms with Gasteiger partial charge in [0.25, 0.3) is 5.91 Å². The minimum Gasteiger partial charge on any atom is -0.389 e. The second-order valence-corrected chi connectivity index (χ2v) is 4.40. The van der Waals surface area contributed by atoms with E-state index in [0.29, 0.717) is 5.56 Å². The van der Waals surface area contributed by atoms with Crippen LogP contribution in [-0.2, 0) is 0 Å². The minimum atomic E-state index is -0.673.